The average Bonchev–Trinajstić information content (AvgIpc) is 2.57. The molecule has 3 rings (SSSR count). The molecule has 0 spiro atoms. The first-order chi connectivity index (χ1) is 12.8. The predicted octanol–water partition coefficient (Wildman–Crippen LogP) is 4.05. The topological polar surface area (TPSA) is 70.2 Å². The van der Waals surface area contributed by atoms with Gasteiger partial charge < -0.3 is 16.0 Å². The fourth-order valence-electron chi connectivity index (χ4n) is 2.93. The first kappa shape index (κ1) is 18.8. The molecule has 1 saturated heterocycles. The normalized spacial score (nSPS) is 19.3. The predicted molar refractivity (Wildman–Crippen MR) is 98.2 cm³/mol. The largest absolute Gasteiger partial charge is 0.330 e. The van der Waals surface area contributed by atoms with Crippen molar-refractivity contribution < 1.29 is 18.4 Å². The number of urea groups is 1. The highest BCUT2D eigenvalue weighted by Crippen LogP contribution is 2.33. The van der Waals surface area contributed by atoms with Crippen LogP contribution in [0.4, 0.5) is 19.3 Å². The highest BCUT2D eigenvalue weighted by Gasteiger charge is 2.40. The van der Waals surface area contributed by atoms with Gasteiger partial charge in [0.05, 0.1) is 6.04 Å². The van der Waals surface area contributed by atoms with E-state index in [1.807, 2.05) is 6.92 Å². The van der Waals surface area contributed by atoms with Crippen molar-refractivity contribution in [1.29, 1.82) is 0 Å². The zero-order valence-electron chi connectivity index (χ0n) is 14.3. The molecule has 0 aromatic heterocycles. The van der Waals surface area contributed by atoms with Crippen molar-refractivity contribution in [2.24, 2.45) is 5.92 Å². The second-order valence-corrected chi connectivity index (χ2v) is 6.57. The van der Waals surface area contributed by atoms with Crippen LogP contribution < -0.4 is 16.0 Å². The van der Waals surface area contributed by atoms with E-state index in [1.54, 1.807) is 18.2 Å². The Kier molecular flexibility index (Phi) is 5.14. The number of carbonyl (C=O) groups is 2. The van der Waals surface area contributed by atoms with Gasteiger partial charge in [0, 0.05) is 22.0 Å². The fraction of sp³-hybridized carbons (Fsp3) is 0.158. The number of halogens is 3. The minimum Gasteiger partial charge on any atom is -0.330 e. The van der Waals surface area contributed by atoms with Crippen molar-refractivity contribution in [2.75, 3.05) is 5.32 Å². The van der Waals surface area contributed by atoms with E-state index in [2.05, 4.69) is 22.5 Å². The van der Waals surface area contributed by atoms with Gasteiger partial charge in [-0.05, 0) is 36.8 Å². The smallest absolute Gasteiger partial charge is 0.319 e. The fourth-order valence-corrected chi connectivity index (χ4v) is 3.11. The molecule has 2 atom stereocenters. The number of hydrogen-bond acceptors (Lipinski definition) is 2. The third-order valence-corrected chi connectivity index (χ3v) is 4.71. The van der Waals surface area contributed by atoms with Gasteiger partial charge in [-0.25, -0.2) is 13.6 Å². The molecule has 0 unspecified atom stereocenters. The molecule has 2 aromatic carbocycles. The molecule has 5 nitrogen and oxygen atoms in total. The Morgan fingerprint density at radius 1 is 1.22 bits per heavy atom. The molecule has 3 N–H and O–H groups in total. The summed E-state index contributed by atoms with van der Waals surface area (Å²) in [6.07, 6.45) is 0. The Bertz CT molecular complexity index is 928. The van der Waals surface area contributed by atoms with Gasteiger partial charge in [0.1, 0.15) is 17.6 Å². The van der Waals surface area contributed by atoms with Crippen LogP contribution in [-0.2, 0) is 4.79 Å². The molecule has 0 aliphatic carbocycles. The lowest BCUT2D eigenvalue weighted by molar-refractivity contribution is -0.119. The average molecular weight is 392 g/mol. The van der Waals surface area contributed by atoms with Gasteiger partial charge >= 0.3 is 6.03 Å². The maximum Gasteiger partial charge on any atom is 0.319 e. The highest BCUT2D eigenvalue weighted by molar-refractivity contribution is 6.31. The zero-order chi connectivity index (χ0) is 19.7. The maximum atomic E-state index is 14.3. The van der Waals surface area contributed by atoms with E-state index >= 15 is 0 Å². The molecular formula is C19H16ClF2N3O2. The van der Waals surface area contributed by atoms with Gasteiger partial charge in [-0.15, -0.1) is 0 Å². The summed E-state index contributed by atoms with van der Waals surface area (Å²) in [5.41, 5.74) is 0.864. The Balaban J connectivity index is 1.96. The van der Waals surface area contributed by atoms with Gasteiger partial charge in [0.2, 0.25) is 5.91 Å². The summed E-state index contributed by atoms with van der Waals surface area (Å²) < 4.78 is 28.5. The Morgan fingerprint density at radius 3 is 2.52 bits per heavy atom. The van der Waals surface area contributed by atoms with Crippen LogP contribution in [-0.4, -0.2) is 11.9 Å². The van der Waals surface area contributed by atoms with Crippen molar-refractivity contribution in [3.05, 3.63) is 76.5 Å². The summed E-state index contributed by atoms with van der Waals surface area (Å²) >= 11 is 6.06. The quantitative estimate of drug-likeness (QED) is 0.738. The molecule has 3 amide bonds. The van der Waals surface area contributed by atoms with Crippen LogP contribution in [0, 0.1) is 24.5 Å². The van der Waals surface area contributed by atoms with Crippen molar-refractivity contribution in [2.45, 2.75) is 13.0 Å². The number of amides is 3. The number of hydrogen-bond donors (Lipinski definition) is 3. The van der Waals surface area contributed by atoms with E-state index in [1.165, 1.54) is 6.07 Å². The van der Waals surface area contributed by atoms with E-state index in [-0.39, 0.29) is 5.70 Å². The molecule has 2 aromatic rings. The van der Waals surface area contributed by atoms with Crippen molar-refractivity contribution in [1.82, 2.24) is 10.6 Å². The van der Waals surface area contributed by atoms with Gasteiger partial charge in [0.15, 0.2) is 0 Å². The summed E-state index contributed by atoms with van der Waals surface area (Å²) in [6.45, 7) is 5.48. The SMILES string of the molecule is C=C1NC(=O)N[C@H](c2c(F)cccc2F)[C@H]1C(=O)Nc1ccc(C)c(Cl)c1. The summed E-state index contributed by atoms with van der Waals surface area (Å²) in [6, 6.07) is 6.30. The summed E-state index contributed by atoms with van der Waals surface area (Å²) in [4.78, 5) is 24.6. The molecular weight excluding hydrogens is 376 g/mol. The van der Waals surface area contributed by atoms with Gasteiger partial charge in [-0.2, -0.15) is 0 Å². The number of aryl methyl sites for hydroxylation is 1. The first-order valence-corrected chi connectivity index (χ1v) is 8.43. The van der Waals surface area contributed by atoms with Crippen LogP contribution in [0.25, 0.3) is 0 Å². The first-order valence-electron chi connectivity index (χ1n) is 8.05. The van der Waals surface area contributed by atoms with Gasteiger partial charge in [-0.1, -0.05) is 30.3 Å². The van der Waals surface area contributed by atoms with Crippen molar-refractivity contribution in [3.63, 3.8) is 0 Å². The molecule has 0 radical (unpaired) electrons. The van der Waals surface area contributed by atoms with Crippen molar-refractivity contribution in [3.8, 4) is 0 Å². The molecule has 1 fully saturated rings. The molecule has 0 bridgehead atoms. The Hall–Kier alpha value is -2.93. The van der Waals surface area contributed by atoms with Crippen molar-refractivity contribution >= 4 is 29.2 Å². The lowest BCUT2D eigenvalue weighted by atomic mass is 9.87. The summed E-state index contributed by atoms with van der Waals surface area (Å²) in [5.74, 6) is -3.48. The Labute approximate surface area is 159 Å². The standard InChI is InChI=1S/C19H16ClF2N3O2/c1-9-6-7-11(8-12(9)20)24-18(26)15-10(2)23-19(27)25-17(15)16-13(21)4-3-5-14(16)22/h3-8,15,17H,2H2,1H3,(H,24,26)(H2,23,25,27)/t15-,17-/m0/s1. The second-order valence-electron chi connectivity index (χ2n) is 6.17. The lowest BCUT2D eigenvalue weighted by Gasteiger charge is -2.34. The number of carbonyl (C=O) groups excluding carboxylic acids is 2. The number of nitrogens with one attached hydrogen (secondary N) is 3. The minimum absolute atomic E-state index is 0.0297. The molecule has 8 heteroatoms. The molecule has 140 valence electrons. The molecule has 27 heavy (non-hydrogen) atoms. The number of anilines is 1. The third-order valence-electron chi connectivity index (χ3n) is 4.30. The molecule has 1 aliphatic heterocycles. The Morgan fingerprint density at radius 2 is 1.89 bits per heavy atom. The minimum atomic E-state index is -1.26. The van der Waals surface area contributed by atoms with E-state index in [0.29, 0.717) is 10.7 Å². The van der Waals surface area contributed by atoms with E-state index < -0.39 is 41.1 Å². The van der Waals surface area contributed by atoms with E-state index in [0.717, 1.165) is 17.7 Å². The number of rotatable bonds is 3. The second kappa shape index (κ2) is 7.36. The van der Waals surface area contributed by atoms with Gasteiger partial charge in [0.25, 0.3) is 0 Å². The van der Waals surface area contributed by atoms with Crippen LogP contribution >= 0.6 is 11.6 Å². The monoisotopic (exact) mass is 391 g/mol. The molecule has 1 heterocycles. The number of benzene rings is 2. The van der Waals surface area contributed by atoms with Crippen LogP contribution in [0.2, 0.25) is 5.02 Å². The summed E-state index contributed by atoms with van der Waals surface area (Å²) in [5, 5.41) is 7.88. The van der Waals surface area contributed by atoms with Crippen LogP contribution in [0.3, 0.4) is 0 Å². The highest BCUT2D eigenvalue weighted by atomic mass is 35.5. The van der Waals surface area contributed by atoms with E-state index in [9.17, 15) is 18.4 Å². The third kappa shape index (κ3) is 3.78. The maximum absolute atomic E-state index is 14.3. The molecule has 1 aliphatic rings. The summed E-state index contributed by atoms with van der Waals surface area (Å²) in [7, 11) is 0. The van der Waals surface area contributed by atoms with Crippen LogP contribution in [0.1, 0.15) is 17.2 Å². The lowest BCUT2D eigenvalue weighted by Crippen LogP contribution is -2.52. The van der Waals surface area contributed by atoms with Crippen LogP contribution in [0.15, 0.2) is 48.7 Å². The van der Waals surface area contributed by atoms with Gasteiger partial charge in [-0.3, -0.25) is 4.79 Å². The van der Waals surface area contributed by atoms with E-state index in [4.69, 9.17) is 11.6 Å². The van der Waals surface area contributed by atoms with Crippen LogP contribution in [0.5, 0.6) is 0 Å². The zero-order valence-corrected chi connectivity index (χ0v) is 15.0. The molecule has 0 saturated carbocycles.